The van der Waals surface area contributed by atoms with Crippen molar-refractivity contribution in [3.05, 3.63) is 0 Å². The molecule has 1 heterocycles. The van der Waals surface area contributed by atoms with Gasteiger partial charge in [-0.1, -0.05) is 13.3 Å². The number of thioether (sulfide) groups is 1. The maximum atomic E-state index is 5.73. The fraction of sp³-hybridized carbons (Fsp3) is 1.00. The maximum absolute atomic E-state index is 5.73. The molecule has 0 bridgehead atoms. The Hall–Kier alpha value is 0.310. The van der Waals surface area contributed by atoms with Crippen LogP contribution in [-0.2, 0) is 0 Å². The highest BCUT2D eigenvalue weighted by Crippen LogP contribution is 2.40. The van der Waals surface area contributed by atoms with E-state index in [1.165, 1.54) is 31.4 Å². The Balaban J connectivity index is 2.41. The third-order valence-electron chi connectivity index (χ3n) is 2.26. The van der Waals surface area contributed by atoms with Crippen LogP contribution < -0.4 is 5.73 Å². The third-order valence-corrected chi connectivity index (χ3v) is 3.94. The van der Waals surface area contributed by atoms with Gasteiger partial charge in [0.2, 0.25) is 0 Å². The van der Waals surface area contributed by atoms with Crippen molar-refractivity contribution in [2.45, 2.75) is 37.4 Å². The molecule has 0 saturated carbocycles. The summed E-state index contributed by atoms with van der Waals surface area (Å²) in [6, 6.07) is 0. The zero-order valence-electron chi connectivity index (χ0n) is 6.73. The standard InChI is InChI=1S/C8H17NS/c1-2-4-8(7-9)5-3-6-10-8/h2-7,9H2,1H3. The molecule has 0 amide bonds. The predicted octanol–water partition coefficient (Wildman–Crippen LogP) is 2.01. The van der Waals surface area contributed by atoms with Crippen molar-refractivity contribution in [1.29, 1.82) is 0 Å². The monoisotopic (exact) mass is 159 g/mol. The molecule has 0 spiro atoms. The quantitative estimate of drug-likeness (QED) is 0.681. The van der Waals surface area contributed by atoms with Crippen LogP contribution in [0.3, 0.4) is 0 Å². The fourth-order valence-corrected chi connectivity index (χ4v) is 3.15. The highest BCUT2D eigenvalue weighted by Gasteiger charge is 2.31. The minimum atomic E-state index is 0.481. The van der Waals surface area contributed by atoms with Crippen LogP contribution in [0, 0.1) is 0 Å². The zero-order valence-corrected chi connectivity index (χ0v) is 7.54. The molecule has 0 radical (unpaired) electrons. The van der Waals surface area contributed by atoms with Crippen LogP contribution in [0.15, 0.2) is 0 Å². The van der Waals surface area contributed by atoms with E-state index in [0.717, 1.165) is 6.54 Å². The first-order valence-electron chi connectivity index (χ1n) is 4.17. The second-order valence-electron chi connectivity index (χ2n) is 3.09. The lowest BCUT2D eigenvalue weighted by molar-refractivity contribution is 0.520. The maximum Gasteiger partial charge on any atom is 0.0282 e. The molecule has 1 aliphatic rings. The van der Waals surface area contributed by atoms with Crippen molar-refractivity contribution >= 4 is 11.8 Å². The number of nitrogens with two attached hydrogens (primary N) is 1. The van der Waals surface area contributed by atoms with Crippen molar-refractivity contribution in [3.8, 4) is 0 Å². The van der Waals surface area contributed by atoms with Gasteiger partial charge in [0.25, 0.3) is 0 Å². The Kier molecular flexibility index (Phi) is 3.05. The van der Waals surface area contributed by atoms with E-state index in [9.17, 15) is 0 Å². The average molecular weight is 159 g/mol. The Labute approximate surface area is 67.8 Å². The summed E-state index contributed by atoms with van der Waals surface area (Å²) in [5.41, 5.74) is 5.73. The molecule has 0 aliphatic carbocycles. The van der Waals surface area contributed by atoms with Gasteiger partial charge < -0.3 is 5.73 Å². The highest BCUT2D eigenvalue weighted by atomic mass is 32.2. The number of rotatable bonds is 3. The Bertz CT molecular complexity index is 97.4. The molecule has 0 aromatic carbocycles. The Morgan fingerprint density at radius 3 is 2.80 bits per heavy atom. The fourth-order valence-electron chi connectivity index (χ4n) is 1.67. The van der Waals surface area contributed by atoms with Gasteiger partial charge in [-0.05, 0) is 25.0 Å². The molecule has 1 fully saturated rings. The van der Waals surface area contributed by atoms with Gasteiger partial charge in [-0.25, -0.2) is 0 Å². The lowest BCUT2D eigenvalue weighted by Gasteiger charge is -2.25. The highest BCUT2D eigenvalue weighted by molar-refractivity contribution is 8.00. The second-order valence-corrected chi connectivity index (χ2v) is 4.65. The molecule has 1 nitrogen and oxygen atoms in total. The van der Waals surface area contributed by atoms with Gasteiger partial charge in [0, 0.05) is 11.3 Å². The van der Waals surface area contributed by atoms with Crippen molar-refractivity contribution in [2.24, 2.45) is 5.73 Å². The van der Waals surface area contributed by atoms with Crippen LogP contribution in [0.2, 0.25) is 0 Å². The summed E-state index contributed by atoms with van der Waals surface area (Å²) in [7, 11) is 0. The third kappa shape index (κ3) is 1.67. The molecule has 1 saturated heterocycles. The van der Waals surface area contributed by atoms with Crippen molar-refractivity contribution in [3.63, 3.8) is 0 Å². The summed E-state index contributed by atoms with van der Waals surface area (Å²) in [5, 5.41) is 0. The molecule has 1 atom stereocenters. The van der Waals surface area contributed by atoms with Gasteiger partial charge in [0.1, 0.15) is 0 Å². The van der Waals surface area contributed by atoms with E-state index in [0.29, 0.717) is 4.75 Å². The molecule has 1 aliphatic heterocycles. The molecule has 10 heavy (non-hydrogen) atoms. The van der Waals surface area contributed by atoms with Crippen molar-refractivity contribution < 1.29 is 0 Å². The molecular weight excluding hydrogens is 142 g/mol. The van der Waals surface area contributed by atoms with Crippen LogP contribution in [-0.4, -0.2) is 17.0 Å². The Morgan fingerprint density at radius 2 is 2.40 bits per heavy atom. The molecular formula is C8H17NS. The first kappa shape index (κ1) is 8.41. The van der Waals surface area contributed by atoms with Crippen molar-refractivity contribution in [1.82, 2.24) is 0 Å². The van der Waals surface area contributed by atoms with E-state index in [4.69, 9.17) is 5.73 Å². The van der Waals surface area contributed by atoms with Crippen LogP contribution in [0.1, 0.15) is 32.6 Å². The van der Waals surface area contributed by atoms with Crippen molar-refractivity contribution in [2.75, 3.05) is 12.3 Å². The summed E-state index contributed by atoms with van der Waals surface area (Å²) < 4.78 is 0.481. The smallest absolute Gasteiger partial charge is 0.0282 e. The van der Waals surface area contributed by atoms with Gasteiger partial charge >= 0.3 is 0 Å². The van der Waals surface area contributed by atoms with E-state index in [1.54, 1.807) is 0 Å². The largest absolute Gasteiger partial charge is 0.329 e. The topological polar surface area (TPSA) is 26.0 Å². The van der Waals surface area contributed by atoms with Crippen LogP contribution in [0.5, 0.6) is 0 Å². The molecule has 1 rings (SSSR count). The van der Waals surface area contributed by atoms with Crippen LogP contribution in [0.25, 0.3) is 0 Å². The van der Waals surface area contributed by atoms with Crippen LogP contribution >= 0.6 is 11.8 Å². The zero-order chi connectivity index (χ0) is 7.45. The van der Waals surface area contributed by atoms with Gasteiger partial charge in [-0.2, -0.15) is 11.8 Å². The van der Waals surface area contributed by atoms with Gasteiger partial charge in [0.15, 0.2) is 0 Å². The number of hydrogen-bond acceptors (Lipinski definition) is 2. The summed E-state index contributed by atoms with van der Waals surface area (Å²) in [6.45, 7) is 3.13. The molecule has 0 aromatic heterocycles. The predicted molar refractivity (Wildman–Crippen MR) is 48.4 cm³/mol. The molecule has 60 valence electrons. The van der Waals surface area contributed by atoms with Crippen LogP contribution in [0.4, 0.5) is 0 Å². The second kappa shape index (κ2) is 3.63. The van der Waals surface area contributed by atoms with E-state index < -0.39 is 0 Å². The molecule has 2 N–H and O–H groups in total. The van der Waals surface area contributed by atoms with E-state index in [-0.39, 0.29) is 0 Å². The summed E-state index contributed by atoms with van der Waals surface area (Å²) in [6.07, 6.45) is 5.32. The lowest BCUT2D eigenvalue weighted by atomic mass is 9.98. The van der Waals surface area contributed by atoms with E-state index in [1.807, 2.05) is 0 Å². The van der Waals surface area contributed by atoms with Gasteiger partial charge in [-0.3, -0.25) is 0 Å². The minimum Gasteiger partial charge on any atom is -0.329 e. The minimum absolute atomic E-state index is 0.481. The summed E-state index contributed by atoms with van der Waals surface area (Å²) in [4.78, 5) is 0. The summed E-state index contributed by atoms with van der Waals surface area (Å²) in [5.74, 6) is 1.33. The first-order chi connectivity index (χ1) is 4.83. The normalized spacial score (nSPS) is 33.0. The summed E-state index contributed by atoms with van der Waals surface area (Å²) >= 11 is 2.09. The molecule has 0 aromatic rings. The SMILES string of the molecule is CCCC1(CN)CCCS1. The number of hydrogen-bond donors (Lipinski definition) is 1. The first-order valence-corrected chi connectivity index (χ1v) is 5.15. The van der Waals surface area contributed by atoms with E-state index >= 15 is 0 Å². The molecule has 1 unspecified atom stereocenters. The molecule has 2 heteroatoms. The lowest BCUT2D eigenvalue weighted by Crippen LogP contribution is -2.31. The Morgan fingerprint density at radius 1 is 1.60 bits per heavy atom. The van der Waals surface area contributed by atoms with Gasteiger partial charge in [0.05, 0.1) is 0 Å². The average Bonchev–Trinajstić information content (AvgIpc) is 2.39. The van der Waals surface area contributed by atoms with E-state index in [2.05, 4.69) is 18.7 Å². The van der Waals surface area contributed by atoms with Gasteiger partial charge in [-0.15, -0.1) is 0 Å².